The monoisotopic (exact) mass is 474 g/mol. The van der Waals surface area contributed by atoms with Gasteiger partial charge in [0.2, 0.25) is 0 Å². The molecule has 0 bridgehead atoms. The molecule has 1 saturated carbocycles. The molecule has 1 aliphatic rings. The van der Waals surface area contributed by atoms with Gasteiger partial charge in [0.05, 0.1) is 12.7 Å². The molecule has 0 aromatic heterocycles. The molecule has 1 aliphatic carbocycles. The lowest BCUT2D eigenvalue weighted by atomic mass is 9.84. The zero-order chi connectivity index (χ0) is 24.5. The molecule has 0 N–H and O–H groups in total. The van der Waals surface area contributed by atoms with Gasteiger partial charge in [0.15, 0.2) is 0 Å². The topological polar surface area (TPSA) is 35.5 Å². The molecule has 3 aromatic rings. The van der Waals surface area contributed by atoms with Gasteiger partial charge >= 0.3 is 5.97 Å². The van der Waals surface area contributed by atoms with Crippen molar-refractivity contribution < 1.29 is 18.7 Å². The highest BCUT2D eigenvalue weighted by Crippen LogP contribution is 2.32. The third-order valence-corrected chi connectivity index (χ3v) is 7.02. The Labute approximate surface area is 208 Å². The van der Waals surface area contributed by atoms with Gasteiger partial charge in [0, 0.05) is 6.07 Å². The first-order valence-electron chi connectivity index (χ1n) is 12.8. The number of esters is 1. The molecule has 35 heavy (non-hydrogen) atoms. The number of ether oxygens (including phenoxy) is 2. The fraction of sp³-hybridized carbons (Fsp3) is 0.387. The highest BCUT2D eigenvalue weighted by atomic mass is 19.1. The molecule has 3 nitrogen and oxygen atoms in total. The van der Waals surface area contributed by atoms with Crippen LogP contribution < -0.4 is 4.74 Å². The third kappa shape index (κ3) is 7.17. The lowest BCUT2D eigenvalue weighted by molar-refractivity contribution is 0.0600. The molecule has 4 heteroatoms. The first-order valence-corrected chi connectivity index (χ1v) is 12.8. The summed E-state index contributed by atoms with van der Waals surface area (Å²) >= 11 is 0. The van der Waals surface area contributed by atoms with E-state index in [1.807, 2.05) is 18.2 Å². The van der Waals surface area contributed by atoms with Gasteiger partial charge in [-0.15, -0.1) is 0 Å². The van der Waals surface area contributed by atoms with Gasteiger partial charge in [-0.2, -0.15) is 0 Å². The van der Waals surface area contributed by atoms with Crippen LogP contribution in [-0.4, -0.2) is 13.1 Å². The second-order valence-corrected chi connectivity index (χ2v) is 9.51. The lowest BCUT2D eigenvalue weighted by Crippen LogP contribution is -2.05. The number of hydrogen-bond acceptors (Lipinski definition) is 3. The maximum Gasteiger partial charge on any atom is 0.337 e. The molecule has 184 valence electrons. The number of carbonyl (C=O) groups excluding carboxylic acids is 1. The summed E-state index contributed by atoms with van der Waals surface area (Å²) in [5, 5.41) is 0. The number of rotatable bonds is 10. The van der Waals surface area contributed by atoms with Crippen LogP contribution in [0.25, 0.3) is 0 Å². The van der Waals surface area contributed by atoms with E-state index < -0.39 is 0 Å². The molecule has 0 spiro atoms. The first-order chi connectivity index (χ1) is 17.1. The Morgan fingerprint density at radius 3 is 2.26 bits per heavy atom. The highest BCUT2D eigenvalue weighted by molar-refractivity contribution is 5.89. The van der Waals surface area contributed by atoms with E-state index in [2.05, 4.69) is 24.3 Å². The van der Waals surface area contributed by atoms with Gasteiger partial charge in [-0.05, 0) is 84.9 Å². The number of unbranched alkanes of at least 4 members (excludes halogenated alkanes) is 1. The molecular formula is C31H35FO3. The Morgan fingerprint density at radius 1 is 0.857 bits per heavy atom. The number of halogens is 1. The second-order valence-electron chi connectivity index (χ2n) is 9.51. The zero-order valence-corrected chi connectivity index (χ0v) is 20.6. The van der Waals surface area contributed by atoms with Gasteiger partial charge in [0.25, 0.3) is 0 Å². The molecule has 3 aromatic carbocycles. The van der Waals surface area contributed by atoms with Crippen LogP contribution in [0.1, 0.15) is 83.5 Å². The number of benzene rings is 3. The smallest absolute Gasteiger partial charge is 0.337 e. The van der Waals surface area contributed by atoms with Crippen molar-refractivity contribution in [2.45, 2.75) is 70.3 Å². The first kappa shape index (κ1) is 25.0. The summed E-state index contributed by atoms with van der Waals surface area (Å²) in [6.07, 6.45) is 10.3. The van der Waals surface area contributed by atoms with Gasteiger partial charge in [-0.1, -0.05) is 61.7 Å². The van der Waals surface area contributed by atoms with Crippen molar-refractivity contribution in [3.8, 4) is 5.75 Å². The van der Waals surface area contributed by atoms with Crippen LogP contribution in [-0.2, 0) is 24.2 Å². The fourth-order valence-corrected chi connectivity index (χ4v) is 4.92. The van der Waals surface area contributed by atoms with Crippen molar-refractivity contribution in [2.75, 3.05) is 7.11 Å². The van der Waals surface area contributed by atoms with E-state index in [0.717, 1.165) is 36.8 Å². The van der Waals surface area contributed by atoms with Gasteiger partial charge in [0.1, 0.15) is 18.2 Å². The molecule has 0 heterocycles. The van der Waals surface area contributed by atoms with Crippen molar-refractivity contribution in [3.05, 3.63) is 100 Å². The highest BCUT2D eigenvalue weighted by Gasteiger charge is 2.15. The van der Waals surface area contributed by atoms with E-state index in [1.54, 1.807) is 12.1 Å². The van der Waals surface area contributed by atoms with Crippen molar-refractivity contribution >= 4 is 5.97 Å². The Balaban J connectivity index is 1.28. The van der Waals surface area contributed by atoms with Crippen LogP contribution in [0.15, 0.2) is 66.7 Å². The van der Waals surface area contributed by atoms with E-state index in [4.69, 9.17) is 9.47 Å². The van der Waals surface area contributed by atoms with Crippen LogP contribution in [0.5, 0.6) is 5.75 Å². The Hall–Kier alpha value is -3.14. The van der Waals surface area contributed by atoms with E-state index in [1.165, 1.54) is 62.5 Å². The second kappa shape index (κ2) is 12.5. The van der Waals surface area contributed by atoms with Crippen molar-refractivity contribution in [3.63, 3.8) is 0 Å². The molecule has 0 radical (unpaired) electrons. The largest absolute Gasteiger partial charge is 0.489 e. The number of aryl methyl sites for hydroxylation is 2. The van der Waals surface area contributed by atoms with E-state index in [9.17, 15) is 9.18 Å². The summed E-state index contributed by atoms with van der Waals surface area (Å²) in [4.78, 5) is 11.6. The summed E-state index contributed by atoms with van der Waals surface area (Å²) in [5.41, 5.74) is 5.32. The summed E-state index contributed by atoms with van der Waals surface area (Å²) in [5.74, 6) is 0.728. The minimum absolute atomic E-state index is 0.276. The predicted octanol–water partition coefficient (Wildman–Crippen LogP) is 7.80. The SMILES string of the molecule is COC(=O)c1ccc(CCCCc2ccc(F)cc2OCc2ccc(C3CCCCC3)cc2)cc1. The van der Waals surface area contributed by atoms with Gasteiger partial charge in [-0.25, -0.2) is 9.18 Å². The number of hydrogen-bond donors (Lipinski definition) is 0. The number of carbonyl (C=O) groups is 1. The molecule has 4 rings (SSSR count). The lowest BCUT2D eigenvalue weighted by Gasteiger charge is -2.22. The Bertz CT molecular complexity index is 1080. The Kier molecular flexibility index (Phi) is 8.94. The van der Waals surface area contributed by atoms with Crippen LogP contribution in [0.4, 0.5) is 4.39 Å². The standard InChI is InChI=1S/C31H35FO3/c1-34-31(33)28-17-11-23(12-18-28)7-5-6-10-27-19-20-29(32)21-30(27)35-22-24-13-15-26(16-14-24)25-8-3-2-4-9-25/h11-21,25H,2-10,22H2,1H3. The fourth-order valence-electron chi connectivity index (χ4n) is 4.92. The molecule has 1 fully saturated rings. The average molecular weight is 475 g/mol. The van der Waals surface area contributed by atoms with Crippen LogP contribution in [0, 0.1) is 5.82 Å². The normalized spacial score (nSPS) is 14.0. The quantitative estimate of drug-likeness (QED) is 0.222. The van der Waals surface area contributed by atoms with Crippen molar-refractivity contribution in [2.24, 2.45) is 0 Å². The molecule has 0 atom stereocenters. The molecule has 0 saturated heterocycles. The van der Waals surface area contributed by atoms with E-state index >= 15 is 0 Å². The van der Waals surface area contributed by atoms with E-state index in [0.29, 0.717) is 23.8 Å². The number of methoxy groups -OCH3 is 1. The van der Waals surface area contributed by atoms with Crippen LogP contribution >= 0.6 is 0 Å². The molecular weight excluding hydrogens is 439 g/mol. The van der Waals surface area contributed by atoms with Crippen LogP contribution in [0.2, 0.25) is 0 Å². The van der Waals surface area contributed by atoms with Crippen molar-refractivity contribution in [1.82, 2.24) is 0 Å². The minimum Gasteiger partial charge on any atom is -0.489 e. The molecule has 0 aliphatic heterocycles. The summed E-state index contributed by atoms with van der Waals surface area (Å²) in [7, 11) is 1.39. The summed E-state index contributed by atoms with van der Waals surface area (Å²) in [6.45, 7) is 0.438. The predicted molar refractivity (Wildman–Crippen MR) is 137 cm³/mol. The summed E-state index contributed by atoms with van der Waals surface area (Å²) < 4.78 is 24.8. The maximum atomic E-state index is 13.9. The average Bonchev–Trinajstić information content (AvgIpc) is 2.91. The van der Waals surface area contributed by atoms with Gasteiger partial charge in [-0.3, -0.25) is 0 Å². The maximum absolute atomic E-state index is 13.9. The zero-order valence-electron chi connectivity index (χ0n) is 20.6. The minimum atomic E-state index is -0.319. The molecule has 0 amide bonds. The third-order valence-electron chi connectivity index (χ3n) is 7.02. The van der Waals surface area contributed by atoms with Crippen molar-refractivity contribution in [1.29, 1.82) is 0 Å². The summed E-state index contributed by atoms with van der Waals surface area (Å²) in [6, 6.07) is 21.1. The molecule has 0 unspecified atom stereocenters. The van der Waals surface area contributed by atoms with E-state index in [-0.39, 0.29) is 11.8 Å². The van der Waals surface area contributed by atoms with Gasteiger partial charge < -0.3 is 9.47 Å². The van der Waals surface area contributed by atoms with Crippen LogP contribution in [0.3, 0.4) is 0 Å². The Morgan fingerprint density at radius 2 is 1.54 bits per heavy atom.